The number of hydrogen-bond donors (Lipinski definition) is 1. The van der Waals surface area contributed by atoms with Gasteiger partial charge in [0.25, 0.3) is 0 Å². The quantitative estimate of drug-likeness (QED) is 0.483. The van der Waals surface area contributed by atoms with Crippen LogP contribution in [0.3, 0.4) is 0 Å². The number of benzene rings is 1. The second kappa shape index (κ2) is 9.36. The fraction of sp³-hybridized carbons (Fsp3) is 0.381. The molecule has 0 radical (unpaired) electrons. The molecule has 3 aromatic rings. The minimum Gasteiger partial charge on any atom is -0.481 e. The van der Waals surface area contributed by atoms with Gasteiger partial charge in [-0.1, -0.05) is 23.2 Å². The SMILES string of the molecule is O=C(O)CCO[C@@H]([C@@H]1CCCN1c1cc(-n2ccnc2)c2ccc(Cl)c(Cl)c2n1)C(F)(F)F. The number of aromatic nitrogens is 3. The van der Waals surface area contributed by atoms with Crippen LogP contribution < -0.4 is 4.90 Å². The molecule has 33 heavy (non-hydrogen) atoms. The molecule has 1 aromatic carbocycles. The molecule has 1 aliphatic rings. The van der Waals surface area contributed by atoms with Crippen LogP contribution >= 0.6 is 23.2 Å². The molecule has 0 unspecified atom stereocenters. The summed E-state index contributed by atoms with van der Waals surface area (Å²) in [4.78, 5) is 20.9. The largest absolute Gasteiger partial charge is 0.481 e. The first-order valence-electron chi connectivity index (χ1n) is 10.1. The van der Waals surface area contributed by atoms with E-state index in [0.717, 1.165) is 0 Å². The summed E-state index contributed by atoms with van der Waals surface area (Å²) in [5, 5.41) is 9.91. The summed E-state index contributed by atoms with van der Waals surface area (Å²) in [6.07, 6.45) is -1.82. The Morgan fingerprint density at radius 1 is 1.33 bits per heavy atom. The van der Waals surface area contributed by atoms with E-state index < -0.39 is 37.3 Å². The average molecular weight is 503 g/mol. The Morgan fingerprint density at radius 2 is 2.12 bits per heavy atom. The highest BCUT2D eigenvalue weighted by Crippen LogP contribution is 2.39. The third-order valence-electron chi connectivity index (χ3n) is 5.50. The second-order valence-corrected chi connectivity index (χ2v) is 8.39. The van der Waals surface area contributed by atoms with Crippen molar-refractivity contribution in [1.82, 2.24) is 14.5 Å². The van der Waals surface area contributed by atoms with Crippen LogP contribution in [0.15, 0.2) is 36.9 Å². The molecule has 1 fully saturated rings. The van der Waals surface area contributed by atoms with Crippen molar-refractivity contribution in [1.29, 1.82) is 0 Å². The van der Waals surface area contributed by atoms with Gasteiger partial charge in [0.05, 0.1) is 46.6 Å². The molecule has 176 valence electrons. The van der Waals surface area contributed by atoms with Gasteiger partial charge in [0, 0.05) is 30.4 Å². The van der Waals surface area contributed by atoms with Gasteiger partial charge in [0.1, 0.15) is 5.82 Å². The molecule has 1 saturated heterocycles. The summed E-state index contributed by atoms with van der Waals surface area (Å²) in [5.41, 5.74) is 0.985. The van der Waals surface area contributed by atoms with Crippen molar-refractivity contribution in [2.45, 2.75) is 37.6 Å². The van der Waals surface area contributed by atoms with E-state index in [4.69, 9.17) is 33.0 Å². The van der Waals surface area contributed by atoms with Crippen molar-refractivity contribution in [3.8, 4) is 5.69 Å². The van der Waals surface area contributed by atoms with Crippen molar-refractivity contribution in [3.63, 3.8) is 0 Å². The van der Waals surface area contributed by atoms with Gasteiger partial charge >= 0.3 is 12.1 Å². The van der Waals surface area contributed by atoms with Crippen LogP contribution in [0, 0.1) is 0 Å². The van der Waals surface area contributed by atoms with Gasteiger partial charge in [-0.2, -0.15) is 13.2 Å². The highest BCUT2D eigenvalue weighted by atomic mass is 35.5. The van der Waals surface area contributed by atoms with Crippen molar-refractivity contribution in [3.05, 3.63) is 47.0 Å². The summed E-state index contributed by atoms with van der Waals surface area (Å²) in [5.74, 6) is -0.944. The first-order valence-corrected chi connectivity index (χ1v) is 10.9. The third-order valence-corrected chi connectivity index (χ3v) is 6.29. The number of carboxylic acids is 1. The molecule has 0 aliphatic carbocycles. The molecule has 12 heteroatoms. The Hall–Kier alpha value is -2.56. The van der Waals surface area contributed by atoms with E-state index in [9.17, 15) is 18.0 Å². The molecular weight excluding hydrogens is 484 g/mol. The van der Waals surface area contributed by atoms with E-state index in [1.807, 2.05) is 0 Å². The van der Waals surface area contributed by atoms with Crippen molar-refractivity contribution in [2.75, 3.05) is 18.1 Å². The maximum atomic E-state index is 13.9. The number of alkyl halides is 3. The molecule has 4 rings (SSSR count). The van der Waals surface area contributed by atoms with Crippen molar-refractivity contribution < 1.29 is 27.8 Å². The number of carbonyl (C=O) groups is 1. The van der Waals surface area contributed by atoms with Gasteiger partial charge in [0.15, 0.2) is 6.10 Å². The predicted molar refractivity (Wildman–Crippen MR) is 117 cm³/mol. The van der Waals surface area contributed by atoms with Crippen molar-refractivity contribution >= 4 is 45.9 Å². The van der Waals surface area contributed by atoms with Gasteiger partial charge in [0.2, 0.25) is 0 Å². The lowest BCUT2D eigenvalue weighted by atomic mass is 10.1. The molecule has 7 nitrogen and oxygen atoms in total. The average Bonchev–Trinajstić information content (AvgIpc) is 3.44. The van der Waals surface area contributed by atoms with Crippen LogP contribution in [-0.4, -0.2) is 57.1 Å². The number of imidazole rings is 1. The van der Waals surface area contributed by atoms with Crippen LogP contribution in [-0.2, 0) is 9.53 Å². The summed E-state index contributed by atoms with van der Waals surface area (Å²) < 4.78 is 48.4. The standard InChI is InChI=1S/C21H19Cl2F3N4O3/c22-13-4-3-12-15(29-8-6-27-11-29)10-16(28-19(12)18(13)23)30-7-1-2-14(30)20(21(24,25)26)33-9-5-17(31)32/h3-4,6,8,10-11,14,20H,1-2,5,7,9H2,(H,31,32)/t14-,20-/m0/s1. The zero-order valence-electron chi connectivity index (χ0n) is 17.1. The van der Waals surface area contributed by atoms with E-state index in [0.29, 0.717) is 29.6 Å². The van der Waals surface area contributed by atoms with Gasteiger partial charge in [-0.05, 0) is 25.0 Å². The van der Waals surface area contributed by atoms with Crippen LogP contribution in [0.5, 0.6) is 0 Å². The lowest BCUT2D eigenvalue weighted by molar-refractivity contribution is -0.226. The fourth-order valence-corrected chi connectivity index (χ4v) is 4.41. The first-order chi connectivity index (χ1) is 15.7. The molecule has 0 saturated carbocycles. The van der Waals surface area contributed by atoms with Crippen LogP contribution in [0.1, 0.15) is 19.3 Å². The number of rotatable bonds is 7. The number of pyridine rings is 1. The zero-order valence-corrected chi connectivity index (χ0v) is 18.6. The van der Waals surface area contributed by atoms with Crippen molar-refractivity contribution in [2.24, 2.45) is 0 Å². The molecule has 1 aliphatic heterocycles. The summed E-state index contributed by atoms with van der Waals surface area (Å²) in [7, 11) is 0. The number of anilines is 1. The lowest BCUT2D eigenvalue weighted by Gasteiger charge is -2.34. The smallest absolute Gasteiger partial charge is 0.416 e. The molecular formula is C21H19Cl2F3N4O3. The maximum absolute atomic E-state index is 13.9. The Kier molecular flexibility index (Phi) is 6.69. The Bertz CT molecular complexity index is 1160. The molecule has 2 atom stereocenters. The van der Waals surface area contributed by atoms with E-state index in [2.05, 4.69) is 9.97 Å². The molecule has 1 N–H and O–H groups in total. The molecule has 0 spiro atoms. The number of fused-ring (bicyclic) bond motifs is 1. The second-order valence-electron chi connectivity index (χ2n) is 7.61. The summed E-state index contributed by atoms with van der Waals surface area (Å²) >= 11 is 12.6. The van der Waals surface area contributed by atoms with Gasteiger partial charge in [-0.15, -0.1) is 0 Å². The van der Waals surface area contributed by atoms with Gasteiger partial charge in [-0.3, -0.25) is 4.79 Å². The third kappa shape index (κ3) is 4.87. The highest BCUT2D eigenvalue weighted by molar-refractivity contribution is 6.45. The molecule has 2 aromatic heterocycles. The van der Waals surface area contributed by atoms with Gasteiger partial charge in [-0.25, -0.2) is 9.97 Å². The normalized spacial score (nSPS) is 17.6. The van der Waals surface area contributed by atoms with E-state index in [1.54, 1.807) is 41.5 Å². The highest BCUT2D eigenvalue weighted by Gasteiger charge is 2.49. The van der Waals surface area contributed by atoms with E-state index in [1.165, 1.54) is 4.90 Å². The lowest BCUT2D eigenvalue weighted by Crippen LogP contribution is -2.49. The Labute approximate surface area is 196 Å². The number of aliphatic carboxylic acids is 1. The fourth-order valence-electron chi connectivity index (χ4n) is 4.05. The molecule has 0 bridgehead atoms. The minimum absolute atomic E-state index is 0.193. The molecule has 0 amide bonds. The Balaban J connectivity index is 1.78. The van der Waals surface area contributed by atoms with Gasteiger partial charge < -0.3 is 19.3 Å². The van der Waals surface area contributed by atoms with Crippen LogP contribution in [0.4, 0.5) is 19.0 Å². The van der Waals surface area contributed by atoms with E-state index >= 15 is 0 Å². The zero-order chi connectivity index (χ0) is 23.8. The maximum Gasteiger partial charge on any atom is 0.416 e. The topological polar surface area (TPSA) is 80.5 Å². The monoisotopic (exact) mass is 502 g/mol. The minimum atomic E-state index is -4.68. The van der Waals surface area contributed by atoms with Crippen LogP contribution in [0.2, 0.25) is 10.0 Å². The number of ether oxygens (including phenoxy) is 1. The van der Waals surface area contributed by atoms with E-state index in [-0.39, 0.29) is 22.3 Å². The number of hydrogen-bond acceptors (Lipinski definition) is 5. The number of halogens is 5. The predicted octanol–water partition coefficient (Wildman–Crippen LogP) is 5.12. The Morgan fingerprint density at radius 3 is 2.79 bits per heavy atom. The summed E-state index contributed by atoms with van der Waals surface area (Å²) in [6, 6.07) is 3.97. The summed E-state index contributed by atoms with van der Waals surface area (Å²) in [6.45, 7) is -0.226. The number of nitrogens with zero attached hydrogens (tertiary/aromatic N) is 4. The first kappa shape index (κ1) is 23.6. The molecule has 3 heterocycles. The van der Waals surface area contributed by atoms with Crippen LogP contribution in [0.25, 0.3) is 16.6 Å². The number of carboxylic acid groups (broad SMARTS) is 1.